The average Bonchev–Trinajstić information content (AvgIpc) is 3.48. The van der Waals surface area contributed by atoms with Gasteiger partial charge in [0.15, 0.2) is 17.3 Å². The molecule has 6 aromatic rings. The summed E-state index contributed by atoms with van der Waals surface area (Å²) in [5.41, 5.74) is 2.06. The van der Waals surface area contributed by atoms with E-state index < -0.39 is 0 Å². The van der Waals surface area contributed by atoms with Crippen LogP contribution in [0.3, 0.4) is 0 Å². The second-order valence-electron chi connectivity index (χ2n) is 9.47. The lowest BCUT2D eigenvalue weighted by molar-refractivity contribution is 0.266. The minimum Gasteiger partial charge on any atom is -0.496 e. The van der Waals surface area contributed by atoms with Crippen LogP contribution in [-0.2, 0) is 6.61 Å². The monoisotopic (exact) mass is 579 g/mol. The van der Waals surface area contributed by atoms with Crippen molar-refractivity contribution in [3.05, 3.63) is 112 Å². The van der Waals surface area contributed by atoms with E-state index in [-0.39, 0.29) is 23.8 Å². The first-order valence-corrected chi connectivity index (χ1v) is 13.3. The van der Waals surface area contributed by atoms with Gasteiger partial charge in [0.1, 0.15) is 23.8 Å². The lowest BCUT2D eigenvalue weighted by Crippen LogP contribution is -2.20. The molecule has 0 bridgehead atoms. The third-order valence-corrected chi connectivity index (χ3v) is 6.82. The Hall–Kier alpha value is -5.64. The molecule has 0 unspecified atom stereocenters. The summed E-state index contributed by atoms with van der Waals surface area (Å²) in [6.45, 7) is 0.171. The second-order valence-corrected chi connectivity index (χ2v) is 9.47. The molecule has 0 fully saturated rings. The van der Waals surface area contributed by atoms with Crippen LogP contribution in [0.5, 0.6) is 23.0 Å². The molecule has 0 N–H and O–H groups in total. The molecular formula is C33H26FN3O6. The highest BCUT2D eigenvalue weighted by Crippen LogP contribution is 2.39. The second kappa shape index (κ2) is 11.7. The number of fused-ring (bicyclic) bond motifs is 2. The number of hydrogen-bond donors (Lipinski definition) is 0. The molecule has 216 valence electrons. The molecule has 0 saturated heterocycles. The van der Waals surface area contributed by atoms with E-state index in [9.17, 15) is 9.18 Å². The summed E-state index contributed by atoms with van der Waals surface area (Å²) in [4.78, 5) is 18.4. The number of nitrogens with zero attached hydrogens (tertiary/aromatic N) is 3. The summed E-state index contributed by atoms with van der Waals surface area (Å²) in [7, 11) is 4.59. The summed E-state index contributed by atoms with van der Waals surface area (Å²) in [6, 6.07) is 23.7. The maximum atomic E-state index is 13.7. The molecule has 0 atom stereocenters. The van der Waals surface area contributed by atoms with E-state index in [0.717, 1.165) is 10.9 Å². The fourth-order valence-electron chi connectivity index (χ4n) is 4.69. The number of para-hydroxylation sites is 1. The molecule has 0 saturated carbocycles. The van der Waals surface area contributed by atoms with Crippen molar-refractivity contribution < 1.29 is 27.8 Å². The Morgan fingerprint density at radius 3 is 2.30 bits per heavy atom. The molecule has 43 heavy (non-hydrogen) atoms. The standard InChI is InChI=1S/C33H26FN3O6/c1-39-26-9-6-10-27-24(26)17-30(43-27)32-36-25-8-5-4-7-23(25)33(38)37(32)35-18-21-15-28(40-2)31(29(16-21)41-3)42-19-20-11-13-22(34)14-12-20/h4-18H,19H2,1-3H3. The number of aromatic nitrogens is 2. The SMILES string of the molecule is COc1cc(C=Nn2c(-c3cc4c(OC)cccc4o3)nc3ccccc3c2=O)cc(OC)c1OCc1ccc(F)cc1. The van der Waals surface area contributed by atoms with Gasteiger partial charge in [-0.25, -0.2) is 9.37 Å². The van der Waals surface area contributed by atoms with Gasteiger partial charge in [-0.05, 0) is 60.2 Å². The third kappa shape index (κ3) is 5.38. The highest BCUT2D eigenvalue weighted by atomic mass is 19.1. The van der Waals surface area contributed by atoms with E-state index in [4.69, 9.17) is 28.3 Å². The Kier molecular flexibility index (Phi) is 7.48. The zero-order valence-electron chi connectivity index (χ0n) is 23.5. The van der Waals surface area contributed by atoms with Crippen LogP contribution < -0.4 is 24.5 Å². The van der Waals surface area contributed by atoms with Crippen LogP contribution in [0.15, 0.2) is 99.2 Å². The first-order valence-electron chi connectivity index (χ1n) is 13.3. The molecule has 0 radical (unpaired) electrons. The van der Waals surface area contributed by atoms with Gasteiger partial charge in [-0.1, -0.05) is 30.3 Å². The topological polar surface area (TPSA) is 97.3 Å². The molecule has 9 nitrogen and oxygen atoms in total. The highest BCUT2D eigenvalue weighted by Gasteiger charge is 2.19. The van der Waals surface area contributed by atoms with Crippen molar-refractivity contribution in [2.45, 2.75) is 6.61 Å². The van der Waals surface area contributed by atoms with Crippen LogP contribution >= 0.6 is 0 Å². The summed E-state index contributed by atoms with van der Waals surface area (Å²) >= 11 is 0. The highest BCUT2D eigenvalue weighted by molar-refractivity contribution is 5.89. The number of ether oxygens (including phenoxy) is 4. The molecule has 0 aliphatic carbocycles. The Morgan fingerprint density at radius 1 is 0.860 bits per heavy atom. The Bertz CT molecular complexity index is 2010. The Morgan fingerprint density at radius 2 is 1.58 bits per heavy atom. The first-order chi connectivity index (χ1) is 21.0. The van der Waals surface area contributed by atoms with Gasteiger partial charge in [0, 0.05) is 5.56 Å². The van der Waals surface area contributed by atoms with Crippen molar-refractivity contribution in [2.75, 3.05) is 21.3 Å². The van der Waals surface area contributed by atoms with E-state index in [1.165, 1.54) is 37.2 Å². The van der Waals surface area contributed by atoms with Crippen LogP contribution in [0.1, 0.15) is 11.1 Å². The fraction of sp³-hybridized carbons (Fsp3) is 0.121. The van der Waals surface area contributed by atoms with Crippen LogP contribution in [0.25, 0.3) is 33.5 Å². The zero-order chi connectivity index (χ0) is 29.9. The molecule has 0 aliphatic heterocycles. The molecule has 0 aliphatic rings. The number of rotatable bonds is 9. The summed E-state index contributed by atoms with van der Waals surface area (Å²) in [5.74, 6) is 2.01. The van der Waals surface area contributed by atoms with Gasteiger partial charge >= 0.3 is 0 Å². The van der Waals surface area contributed by atoms with Crippen molar-refractivity contribution >= 4 is 28.1 Å². The summed E-state index contributed by atoms with van der Waals surface area (Å²) in [5, 5.41) is 5.67. The smallest absolute Gasteiger partial charge is 0.282 e. The molecule has 0 spiro atoms. The largest absolute Gasteiger partial charge is 0.496 e. The van der Waals surface area contributed by atoms with Crippen LogP contribution in [-0.4, -0.2) is 37.2 Å². The first kappa shape index (κ1) is 27.5. The number of methoxy groups -OCH3 is 3. The fourth-order valence-corrected chi connectivity index (χ4v) is 4.69. The Balaban J connectivity index is 1.42. The third-order valence-electron chi connectivity index (χ3n) is 6.82. The van der Waals surface area contributed by atoms with Gasteiger partial charge in [0.2, 0.25) is 11.6 Å². The van der Waals surface area contributed by atoms with Gasteiger partial charge in [-0.3, -0.25) is 4.79 Å². The molecular weight excluding hydrogens is 553 g/mol. The lowest BCUT2D eigenvalue weighted by atomic mass is 10.2. The minimum absolute atomic E-state index is 0.171. The predicted octanol–water partition coefficient (Wildman–Crippen LogP) is 6.44. The van der Waals surface area contributed by atoms with Crippen LogP contribution in [0, 0.1) is 5.82 Å². The van der Waals surface area contributed by atoms with Crippen molar-refractivity contribution in [1.29, 1.82) is 0 Å². The van der Waals surface area contributed by atoms with Gasteiger partial charge in [-0.15, -0.1) is 0 Å². The van der Waals surface area contributed by atoms with Gasteiger partial charge < -0.3 is 23.4 Å². The average molecular weight is 580 g/mol. The van der Waals surface area contributed by atoms with Crippen LogP contribution in [0.4, 0.5) is 4.39 Å². The van der Waals surface area contributed by atoms with E-state index in [2.05, 4.69) is 5.10 Å². The molecule has 6 rings (SSSR count). The van der Waals surface area contributed by atoms with Gasteiger partial charge in [-0.2, -0.15) is 9.78 Å². The van der Waals surface area contributed by atoms with E-state index in [0.29, 0.717) is 50.8 Å². The maximum absolute atomic E-state index is 13.7. The minimum atomic E-state index is -0.373. The normalized spacial score (nSPS) is 11.3. The van der Waals surface area contributed by atoms with Gasteiger partial charge in [0.05, 0.1) is 43.8 Å². The van der Waals surface area contributed by atoms with Crippen molar-refractivity contribution in [3.8, 4) is 34.6 Å². The maximum Gasteiger partial charge on any atom is 0.282 e. The van der Waals surface area contributed by atoms with Crippen molar-refractivity contribution in [3.63, 3.8) is 0 Å². The van der Waals surface area contributed by atoms with E-state index >= 15 is 0 Å². The number of furan rings is 1. The molecule has 4 aromatic carbocycles. The van der Waals surface area contributed by atoms with Crippen molar-refractivity contribution in [2.24, 2.45) is 5.10 Å². The molecule has 0 amide bonds. The lowest BCUT2D eigenvalue weighted by Gasteiger charge is -2.15. The molecule has 10 heteroatoms. The number of halogens is 1. The van der Waals surface area contributed by atoms with E-state index in [1.54, 1.807) is 55.6 Å². The quantitative estimate of drug-likeness (QED) is 0.182. The number of hydrogen-bond acceptors (Lipinski definition) is 8. The predicted molar refractivity (Wildman–Crippen MR) is 161 cm³/mol. The van der Waals surface area contributed by atoms with Crippen LogP contribution in [0.2, 0.25) is 0 Å². The van der Waals surface area contributed by atoms with E-state index in [1.807, 2.05) is 24.3 Å². The summed E-state index contributed by atoms with van der Waals surface area (Å²) in [6.07, 6.45) is 1.50. The van der Waals surface area contributed by atoms with Crippen molar-refractivity contribution in [1.82, 2.24) is 9.66 Å². The Labute approximate surface area is 245 Å². The summed E-state index contributed by atoms with van der Waals surface area (Å²) < 4.78 is 43.2. The molecule has 2 heterocycles. The zero-order valence-corrected chi connectivity index (χ0v) is 23.5. The number of benzene rings is 4. The molecule has 2 aromatic heterocycles. The van der Waals surface area contributed by atoms with Gasteiger partial charge in [0.25, 0.3) is 5.56 Å².